The number of rotatable bonds is 5. The van der Waals surface area contributed by atoms with Gasteiger partial charge < -0.3 is 15.0 Å². The van der Waals surface area contributed by atoms with Gasteiger partial charge in [0.15, 0.2) is 0 Å². The average molecular weight is 395 g/mol. The molecule has 3 rings (SSSR count). The van der Waals surface area contributed by atoms with Gasteiger partial charge in [-0.25, -0.2) is 9.59 Å². The summed E-state index contributed by atoms with van der Waals surface area (Å²) >= 11 is 0. The van der Waals surface area contributed by atoms with E-state index in [1.54, 1.807) is 11.8 Å². The van der Waals surface area contributed by atoms with Crippen molar-refractivity contribution in [2.75, 3.05) is 39.3 Å². The number of ether oxygens (including phenoxy) is 1. The maximum atomic E-state index is 12.7. The molecular formula is C18H29N5O5. The smallest absolute Gasteiger partial charge is 0.409 e. The Balaban J connectivity index is 1.42. The van der Waals surface area contributed by atoms with Crippen LogP contribution in [-0.4, -0.2) is 83.6 Å². The topological polar surface area (TPSA) is 111 Å². The predicted molar refractivity (Wildman–Crippen MR) is 99.0 cm³/mol. The number of carbonyl (C=O) groups excluding carboxylic acids is 4. The number of hydrogen-bond donors (Lipinski definition) is 2. The first-order valence-electron chi connectivity index (χ1n) is 10.1. The van der Waals surface area contributed by atoms with Crippen LogP contribution in [0.25, 0.3) is 0 Å². The second-order valence-electron chi connectivity index (χ2n) is 7.53. The molecule has 28 heavy (non-hydrogen) atoms. The number of imide groups is 1. The summed E-state index contributed by atoms with van der Waals surface area (Å²) in [5, 5.41) is 3.61. The summed E-state index contributed by atoms with van der Waals surface area (Å²) in [6.07, 6.45) is 3.94. The molecule has 10 nitrogen and oxygen atoms in total. The molecule has 0 aromatic heterocycles. The molecule has 1 spiro atoms. The second kappa shape index (κ2) is 8.76. The summed E-state index contributed by atoms with van der Waals surface area (Å²) in [5.41, 5.74) is 1.61. The van der Waals surface area contributed by atoms with E-state index < -0.39 is 11.6 Å². The molecule has 156 valence electrons. The van der Waals surface area contributed by atoms with Gasteiger partial charge in [0.1, 0.15) is 5.54 Å². The van der Waals surface area contributed by atoms with Crippen LogP contribution in [0, 0.1) is 0 Å². The quantitative estimate of drug-likeness (QED) is 0.654. The monoisotopic (exact) mass is 395 g/mol. The van der Waals surface area contributed by atoms with E-state index in [4.69, 9.17) is 4.74 Å². The van der Waals surface area contributed by atoms with Crippen LogP contribution >= 0.6 is 0 Å². The Kier molecular flexibility index (Phi) is 6.38. The first-order chi connectivity index (χ1) is 13.4. The lowest BCUT2D eigenvalue weighted by molar-refractivity contribution is -0.140. The number of nitrogens with one attached hydrogen (secondary N) is 2. The molecule has 2 saturated heterocycles. The van der Waals surface area contributed by atoms with E-state index >= 15 is 0 Å². The summed E-state index contributed by atoms with van der Waals surface area (Å²) in [7, 11) is 0. The van der Waals surface area contributed by atoms with Crippen molar-refractivity contribution >= 4 is 23.9 Å². The molecule has 0 aromatic carbocycles. The molecule has 1 saturated carbocycles. The average Bonchev–Trinajstić information content (AvgIpc) is 2.91. The van der Waals surface area contributed by atoms with Crippen LogP contribution in [-0.2, 0) is 14.3 Å². The molecule has 5 amide bonds. The van der Waals surface area contributed by atoms with Gasteiger partial charge >= 0.3 is 12.1 Å². The second-order valence-corrected chi connectivity index (χ2v) is 7.53. The number of nitrogens with zero attached hydrogens (tertiary/aromatic N) is 3. The summed E-state index contributed by atoms with van der Waals surface area (Å²) < 4.78 is 4.99. The van der Waals surface area contributed by atoms with E-state index in [-0.39, 0.29) is 24.3 Å². The van der Waals surface area contributed by atoms with Gasteiger partial charge in [-0.15, -0.1) is 0 Å². The molecule has 0 bridgehead atoms. The van der Waals surface area contributed by atoms with Crippen LogP contribution in [0.5, 0.6) is 0 Å². The van der Waals surface area contributed by atoms with Gasteiger partial charge in [0.2, 0.25) is 5.91 Å². The molecule has 2 N–H and O–H groups in total. The molecular weight excluding hydrogens is 366 g/mol. The van der Waals surface area contributed by atoms with Crippen molar-refractivity contribution < 1.29 is 23.9 Å². The first-order valence-corrected chi connectivity index (χ1v) is 10.1. The summed E-state index contributed by atoms with van der Waals surface area (Å²) in [4.78, 5) is 52.5. The standard InChI is InChI=1S/C18H29N5O5/c1-2-28-17(27)22-12-10-21(11-13-22)9-6-14(24)20-23-15(25)18(19-16(23)26)7-4-3-5-8-18/h2-13H2,1H3,(H,19,26)(H,20,24). The summed E-state index contributed by atoms with van der Waals surface area (Å²) in [6.45, 7) is 5.03. The molecule has 2 heterocycles. The Labute approximate surface area is 164 Å². The van der Waals surface area contributed by atoms with Gasteiger partial charge in [-0.2, -0.15) is 5.01 Å². The molecule has 0 aromatic rings. The number of hydrogen-bond acceptors (Lipinski definition) is 6. The predicted octanol–water partition coefficient (Wildman–Crippen LogP) is 0.437. The van der Waals surface area contributed by atoms with Crippen LogP contribution in [0.15, 0.2) is 0 Å². The third-order valence-corrected chi connectivity index (χ3v) is 5.66. The van der Waals surface area contributed by atoms with Crippen LogP contribution in [0.3, 0.4) is 0 Å². The molecule has 0 unspecified atom stereocenters. The lowest BCUT2D eigenvalue weighted by atomic mass is 9.82. The van der Waals surface area contributed by atoms with Crippen molar-refractivity contribution in [3.05, 3.63) is 0 Å². The Morgan fingerprint density at radius 1 is 1.11 bits per heavy atom. The zero-order valence-electron chi connectivity index (χ0n) is 16.4. The lowest BCUT2D eigenvalue weighted by Gasteiger charge is -2.33. The minimum absolute atomic E-state index is 0.170. The van der Waals surface area contributed by atoms with Gasteiger partial charge in [-0.05, 0) is 19.8 Å². The molecule has 0 radical (unpaired) electrons. The van der Waals surface area contributed by atoms with Crippen LogP contribution < -0.4 is 10.7 Å². The highest BCUT2D eigenvalue weighted by Gasteiger charge is 2.52. The van der Waals surface area contributed by atoms with Gasteiger partial charge in [-0.1, -0.05) is 19.3 Å². The highest BCUT2D eigenvalue weighted by Crippen LogP contribution is 2.32. The third-order valence-electron chi connectivity index (χ3n) is 5.66. The summed E-state index contributed by atoms with van der Waals surface area (Å²) in [6, 6.07) is -0.552. The zero-order chi connectivity index (χ0) is 20.1. The van der Waals surface area contributed by atoms with Crippen LogP contribution in [0.2, 0.25) is 0 Å². The fraction of sp³-hybridized carbons (Fsp3) is 0.778. The van der Waals surface area contributed by atoms with E-state index in [0.717, 1.165) is 24.3 Å². The molecule has 2 aliphatic heterocycles. The SMILES string of the molecule is CCOC(=O)N1CCN(CCC(=O)NN2C(=O)NC3(CCCCC3)C2=O)CC1. The number of amides is 5. The number of carbonyl (C=O) groups is 4. The van der Waals surface area contributed by atoms with Crippen LogP contribution in [0.1, 0.15) is 45.4 Å². The van der Waals surface area contributed by atoms with Gasteiger partial charge in [0, 0.05) is 39.1 Å². The Morgan fingerprint density at radius 3 is 2.43 bits per heavy atom. The van der Waals surface area contributed by atoms with Crippen molar-refractivity contribution in [2.45, 2.75) is 51.0 Å². The van der Waals surface area contributed by atoms with Crippen molar-refractivity contribution in [1.29, 1.82) is 0 Å². The van der Waals surface area contributed by atoms with E-state index in [2.05, 4.69) is 15.6 Å². The maximum absolute atomic E-state index is 12.7. The highest BCUT2D eigenvalue weighted by atomic mass is 16.6. The number of piperazine rings is 1. The highest BCUT2D eigenvalue weighted by molar-refractivity contribution is 6.08. The normalized spacial score (nSPS) is 22.3. The minimum atomic E-state index is -0.841. The molecule has 3 fully saturated rings. The maximum Gasteiger partial charge on any atom is 0.409 e. The number of urea groups is 1. The van der Waals surface area contributed by atoms with Gasteiger partial charge in [0.25, 0.3) is 5.91 Å². The lowest BCUT2D eigenvalue weighted by Crippen LogP contribution is -2.52. The Hall–Kier alpha value is -2.36. The Bertz CT molecular complexity index is 626. The van der Waals surface area contributed by atoms with Crippen LogP contribution in [0.4, 0.5) is 9.59 Å². The van der Waals surface area contributed by atoms with E-state index in [1.807, 2.05) is 0 Å². The minimum Gasteiger partial charge on any atom is -0.450 e. The van der Waals surface area contributed by atoms with E-state index in [9.17, 15) is 19.2 Å². The zero-order valence-corrected chi connectivity index (χ0v) is 16.4. The van der Waals surface area contributed by atoms with Gasteiger partial charge in [-0.3, -0.25) is 19.9 Å². The molecule has 1 aliphatic carbocycles. The van der Waals surface area contributed by atoms with E-state index in [0.29, 0.717) is 52.2 Å². The fourth-order valence-electron chi connectivity index (χ4n) is 4.03. The van der Waals surface area contributed by atoms with E-state index in [1.165, 1.54) is 0 Å². The fourth-order valence-corrected chi connectivity index (χ4v) is 4.03. The molecule has 3 aliphatic rings. The van der Waals surface area contributed by atoms with Crippen molar-refractivity contribution in [3.8, 4) is 0 Å². The number of hydrazine groups is 1. The van der Waals surface area contributed by atoms with Crippen molar-refractivity contribution in [3.63, 3.8) is 0 Å². The van der Waals surface area contributed by atoms with Gasteiger partial charge in [0.05, 0.1) is 6.61 Å². The molecule has 0 atom stereocenters. The third kappa shape index (κ3) is 4.37. The largest absolute Gasteiger partial charge is 0.450 e. The summed E-state index contributed by atoms with van der Waals surface area (Å²) in [5.74, 6) is -0.724. The Morgan fingerprint density at radius 2 is 1.79 bits per heavy atom. The van der Waals surface area contributed by atoms with Crippen molar-refractivity contribution in [2.24, 2.45) is 0 Å². The van der Waals surface area contributed by atoms with Crippen molar-refractivity contribution in [1.82, 2.24) is 25.6 Å². The first kappa shape index (κ1) is 20.4. The molecule has 10 heteroatoms.